The molecule has 0 radical (unpaired) electrons. The first-order chi connectivity index (χ1) is 18.0. The van der Waals surface area contributed by atoms with Crippen LogP contribution in [-0.4, -0.2) is 42.0 Å². The Morgan fingerprint density at radius 2 is 1.65 bits per heavy atom. The van der Waals surface area contributed by atoms with Crippen LogP contribution >= 0.6 is 0 Å². The van der Waals surface area contributed by atoms with Gasteiger partial charge in [0.1, 0.15) is 23.3 Å². The number of aromatic nitrogens is 3. The second-order valence-corrected chi connectivity index (χ2v) is 8.40. The molecular formula is C28H27N5O4. The van der Waals surface area contributed by atoms with Crippen molar-refractivity contribution in [3.05, 3.63) is 89.6 Å². The Hall–Kier alpha value is -4.79. The van der Waals surface area contributed by atoms with Gasteiger partial charge in [-0.1, -0.05) is 42.5 Å². The van der Waals surface area contributed by atoms with E-state index in [0.29, 0.717) is 51.5 Å². The zero-order chi connectivity index (χ0) is 25.9. The highest BCUT2D eigenvalue weighted by molar-refractivity contribution is 6.06. The van der Waals surface area contributed by atoms with Crippen LogP contribution in [0, 0.1) is 0 Å². The molecule has 0 saturated carbocycles. The fraction of sp³-hybridized carbons (Fsp3) is 0.179. The van der Waals surface area contributed by atoms with Crippen molar-refractivity contribution >= 4 is 17.5 Å². The summed E-state index contributed by atoms with van der Waals surface area (Å²) in [6.07, 6.45) is 0. The van der Waals surface area contributed by atoms with Gasteiger partial charge in [0.2, 0.25) is 5.95 Å². The monoisotopic (exact) mass is 497 g/mol. The smallest absolute Gasteiger partial charge is 0.255 e. The van der Waals surface area contributed by atoms with Crippen molar-refractivity contribution in [2.24, 2.45) is 0 Å². The number of fused-ring (bicyclic) bond motifs is 1. The largest absolute Gasteiger partial charge is 0.497 e. The molecule has 2 N–H and O–H groups in total. The summed E-state index contributed by atoms with van der Waals surface area (Å²) in [4.78, 5) is 18.6. The molecule has 0 fully saturated rings. The number of benzene rings is 3. The van der Waals surface area contributed by atoms with Gasteiger partial charge >= 0.3 is 0 Å². The Morgan fingerprint density at radius 3 is 2.38 bits per heavy atom. The van der Waals surface area contributed by atoms with E-state index in [-0.39, 0.29) is 5.91 Å². The summed E-state index contributed by atoms with van der Waals surface area (Å²) in [6, 6.07) is 21.8. The molecule has 4 aromatic rings. The molecule has 188 valence electrons. The third kappa shape index (κ3) is 4.47. The first kappa shape index (κ1) is 23.9. The number of hydrogen-bond donors (Lipinski definition) is 2. The Bertz CT molecular complexity index is 1480. The van der Waals surface area contributed by atoms with E-state index in [9.17, 15) is 4.79 Å². The second kappa shape index (κ2) is 10.1. The van der Waals surface area contributed by atoms with E-state index in [1.165, 1.54) is 0 Å². The molecule has 0 aliphatic carbocycles. The average molecular weight is 498 g/mol. The van der Waals surface area contributed by atoms with Gasteiger partial charge in [-0.15, -0.1) is 5.10 Å². The number of carbonyl (C=O) groups excluding carboxylic acids is 1. The summed E-state index contributed by atoms with van der Waals surface area (Å²) in [7, 11) is 4.75. The van der Waals surface area contributed by atoms with Gasteiger partial charge in [0.05, 0.1) is 32.6 Å². The Balaban J connectivity index is 1.66. The minimum absolute atomic E-state index is 0.313. The topological polar surface area (TPSA) is 99.5 Å². The van der Waals surface area contributed by atoms with Crippen LogP contribution in [0.25, 0.3) is 11.4 Å². The first-order valence-electron chi connectivity index (χ1n) is 11.7. The van der Waals surface area contributed by atoms with E-state index in [1.807, 2.05) is 67.6 Å². The van der Waals surface area contributed by atoms with E-state index < -0.39 is 6.04 Å². The lowest BCUT2D eigenvalue weighted by molar-refractivity contribution is -0.113. The number of methoxy groups -OCH3 is 3. The van der Waals surface area contributed by atoms with Gasteiger partial charge in [-0.05, 0) is 37.3 Å². The number of rotatable bonds is 7. The van der Waals surface area contributed by atoms with Gasteiger partial charge in [-0.2, -0.15) is 4.98 Å². The molecule has 0 saturated heterocycles. The molecule has 1 unspecified atom stereocenters. The summed E-state index contributed by atoms with van der Waals surface area (Å²) < 4.78 is 18.4. The highest BCUT2D eigenvalue weighted by Crippen LogP contribution is 2.42. The fourth-order valence-corrected chi connectivity index (χ4v) is 4.43. The number of amides is 1. The van der Waals surface area contributed by atoms with E-state index >= 15 is 0 Å². The highest BCUT2D eigenvalue weighted by atomic mass is 16.5. The van der Waals surface area contributed by atoms with Crippen molar-refractivity contribution < 1.29 is 19.0 Å². The molecular weight excluding hydrogens is 470 g/mol. The number of para-hydroxylation sites is 2. The van der Waals surface area contributed by atoms with Crippen molar-refractivity contribution in [2.45, 2.75) is 13.0 Å². The predicted molar refractivity (Wildman–Crippen MR) is 141 cm³/mol. The van der Waals surface area contributed by atoms with Gasteiger partial charge in [0.15, 0.2) is 5.82 Å². The summed E-state index contributed by atoms with van der Waals surface area (Å²) in [6.45, 7) is 1.84. The van der Waals surface area contributed by atoms with Crippen LogP contribution < -0.4 is 24.8 Å². The molecule has 1 atom stereocenters. The number of ether oxygens (including phenoxy) is 3. The third-order valence-electron chi connectivity index (χ3n) is 6.22. The molecule has 5 rings (SSSR count). The molecule has 0 spiro atoms. The molecule has 9 nitrogen and oxygen atoms in total. The van der Waals surface area contributed by atoms with Crippen molar-refractivity contribution in [1.29, 1.82) is 0 Å². The SMILES string of the molecule is COc1ccc(OC)c(C2C(C(=O)Nc3ccccc3OC)=C(C)Nc3nc(-c4ccccc4)nn32)c1. The van der Waals surface area contributed by atoms with E-state index in [0.717, 1.165) is 5.56 Å². The van der Waals surface area contributed by atoms with Crippen LogP contribution in [0.3, 0.4) is 0 Å². The maximum Gasteiger partial charge on any atom is 0.255 e. The minimum atomic E-state index is -0.652. The molecule has 37 heavy (non-hydrogen) atoms. The van der Waals surface area contributed by atoms with Gasteiger partial charge in [0, 0.05) is 16.8 Å². The van der Waals surface area contributed by atoms with Gasteiger partial charge < -0.3 is 24.8 Å². The lowest BCUT2D eigenvalue weighted by Crippen LogP contribution is -2.31. The average Bonchev–Trinajstić information content (AvgIpc) is 3.36. The number of allylic oxidation sites excluding steroid dienone is 1. The summed E-state index contributed by atoms with van der Waals surface area (Å²) in [5.41, 5.74) is 3.22. The van der Waals surface area contributed by atoms with Crippen LogP contribution in [0.15, 0.2) is 84.1 Å². The normalized spacial score (nSPS) is 14.4. The van der Waals surface area contributed by atoms with Crippen molar-refractivity contribution in [1.82, 2.24) is 14.8 Å². The fourth-order valence-electron chi connectivity index (χ4n) is 4.43. The van der Waals surface area contributed by atoms with Crippen LogP contribution in [-0.2, 0) is 4.79 Å². The van der Waals surface area contributed by atoms with Crippen LogP contribution in [0.1, 0.15) is 18.5 Å². The minimum Gasteiger partial charge on any atom is -0.497 e. The maximum atomic E-state index is 13.9. The lowest BCUT2D eigenvalue weighted by atomic mass is 9.94. The predicted octanol–water partition coefficient (Wildman–Crippen LogP) is 4.90. The molecule has 3 aromatic carbocycles. The van der Waals surface area contributed by atoms with Crippen LogP contribution in [0.2, 0.25) is 0 Å². The molecule has 1 amide bonds. The zero-order valence-electron chi connectivity index (χ0n) is 21.0. The van der Waals surface area contributed by atoms with Gasteiger partial charge in [-0.25, -0.2) is 4.68 Å². The maximum absolute atomic E-state index is 13.9. The third-order valence-corrected chi connectivity index (χ3v) is 6.22. The van der Waals surface area contributed by atoms with E-state index in [1.54, 1.807) is 38.1 Å². The number of hydrogen-bond acceptors (Lipinski definition) is 7. The second-order valence-electron chi connectivity index (χ2n) is 8.40. The number of carbonyl (C=O) groups is 1. The van der Waals surface area contributed by atoms with Crippen LogP contribution in [0.5, 0.6) is 17.2 Å². The molecule has 2 heterocycles. The summed E-state index contributed by atoms with van der Waals surface area (Å²) in [5.74, 6) is 2.51. The summed E-state index contributed by atoms with van der Waals surface area (Å²) >= 11 is 0. The van der Waals surface area contributed by atoms with Crippen LogP contribution in [0.4, 0.5) is 11.6 Å². The lowest BCUT2D eigenvalue weighted by Gasteiger charge is -2.29. The molecule has 1 aromatic heterocycles. The van der Waals surface area contributed by atoms with Crippen molar-refractivity contribution in [3.63, 3.8) is 0 Å². The van der Waals surface area contributed by atoms with Crippen molar-refractivity contribution in [3.8, 4) is 28.6 Å². The standard InChI is InChI=1S/C28H27N5O4/c1-17-24(27(34)30-21-12-8-9-13-23(21)37-4)25(20-16-19(35-2)14-15-22(20)36-3)33-28(29-17)31-26(32-33)18-10-6-5-7-11-18/h5-16,25H,1-4H3,(H,30,34)(H,29,31,32). The van der Waals surface area contributed by atoms with Crippen molar-refractivity contribution in [2.75, 3.05) is 32.0 Å². The first-order valence-corrected chi connectivity index (χ1v) is 11.7. The van der Waals surface area contributed by atoms with E-state index in [2.05, 4.69) is 10.6 Å². The van der Waals surface area contributed by atoms with Gasteiger partial charge in [-0.3, -0.25) is 4.79 Å². The van der Waals surface area contributed by atoms with Gasteiger partial charge in [0.25, 0.3) is 5.91 Å². The molecule has 1 aliphatic heterocycles. The Morgan fingerprint density at radius 1 is 0.919 bits per heavy atom. The molecule has 1 aliphatic rings. The number of nitrogens with one attached hydrogen (secondary N) is 2. The highest BCUT2D eigenvalue weighted by Gasteiger charge is 2.36. The molecule has 0 bridgehead atoms. The molecule has 9 heteroatoms. The number of nitrogens with zero attached hydrogens (tertiary/aromatic N) is 3. The summed E-state index contributed by atoms with van der Waals surface area (Å²) in [5, 5.41) is 11.1. The Kier molecular flexibility index (Phi) is 6.51. The van der Waals surface area contributed by atoms with E-state index in [4.69, 9.17) is 24.3 Å². The number of anilines is 2. The Labute approximate surface area is 214 Å². The quantitative estimate of drug-likeness (QED) is 0.375. The zero-order valence-corrected chi connectivity index (χ0v) is 21.0.